The minimum Gasteiger partial charge on any atom is -0.508 e. The smallest absolute Gasteiger partial charge is 0.118 e. The van der Waals surface area contributed by atoms with E-state index in [1.165, 1.54) is 11.6 Å². The van der Waals surface area contributed by atoms with Crippen molar-refractivity contribution in [2.45, 2.75) is 38.5 Å². The zero-order valence-electron chi connectivity index (χ0n) is 10.6. The van der Waals surface area contributed by atoms with Gasteiger partial charge in [-0.25, -0.2) is 0 Å². The Kier molecular flexibility index (Phi) is 4.36. The maximum atomic E-state index is 9.63. The minimum atomic E-state index is -1.03. The number of phenols is 1. The number of aromatic hydroxyl groups is 1. The molecule has 0 aliphatic carbocycles. The quantitative estimate of drug-likeness (QED) is 0.597. The number of allylic oxidation sites excluding steroid dienone is 1. The molecular weight excluding hydrogens is 212 g/mol. The highest BCUT2D eigenvalue weighted by Gasteiger charge is 2.14. The molecule has 2 heteroatoms. The molecule has 16 heavy (non-hydrogen) atoms. The van der Waals surface area contributed by atoms with Crippen LogP contribution in [0.1, 0.15) is 12.0 Å². The number of hydrogen-bond acceptors (Lipinski definition) is 1. The molecule has 1 N–H and O–H groups in total. The summed E-state index contributed by atoms with van der Waals surface area (Å²) in [6.07, 6.45) is 1.89. The monoisotopic (exact) mass is 234 g/mol. The second-order valence-corrected chi connectivity index (χ2v) is 11.1. The molecule has 0 fully saturated rings. The molecule has 0 saturated carbocycles. The lowest BCUT2D eigenvalue weighted by Crippen LogP contribution is -2.19. The van der Waals surface area contributed by atoms with Crippen molar-refractivity contribution in [2.24, 2.45) is 0 Å². The highest BCUT2D eigenvalue weighted by molar-refractivity contribution is 6.76. The lowest BCUT2D eigenvalue weighted by atomic mass is 10.1. The first-order chi connectivity index (χ1) is 7.38. The third-order valence-electron chi connectivity index (χ3n) is 2.52. The Morgan fingerprint density at radius 3 is 2.44 bits per heavy atom. The Morgan fingerprint density at radius 1 is 1.25 bits per heavy atom. The van der Waals surface area contributed by atoms with Gasteiger partial charge in [0.1, 0.15) is 5.75 Å². The van der Waals surface area contributed by atoms with Crippen molar-refractivity contribution in [1.29, 1.82) is 0 Å². The van der Waals surface area contributed by atoms with E-state index in [0.29, 0.717) is 5.75 Å². The molecule has 88 valence electrons. The number of benzene rings is 1. The predicted molar refractivity (Wildman–Crippen MR) is 73.7 cm³/mol. The molecule has 1 aromatic rings. The summed E-state index contributed by atoms with van der Waals surface area (Å²) in [6.45, 7) is 11.2. The van der Waals surface area contributed by atoms with Gasteiger partial charge in [0.15, 0.2) is 0 Å². The van der Waals surface area contributed by atoms with Crippen molar-refractivity contribution < 1.29 is 5.11 Å². The molecule has 0 bridgehead atoms. The third-order valence-corrected chi connectivity index (χ3v) is 4.08. The second-order valence-electron chi connectivity index (χ2n) is 5.62. The summed E-state index contributed by atoms with van der Waals surface area (Å²) in [4.78, 5) is 0. The van der Waals surface area contributed by atoms with Gasteiger partial charge in [0.2, 0.25) is 0 Å². The highest BCUT2D eigenvalue weighted by Crippen LogP contribution is 2.22. The maximum absolute atomic E-state index is 9.63. The van der Waals surface area contributed by atoms with E-state index in [2.05, 4.69) is 26.2 Å². The average Bonchev–Trinajstić information content (AvgIpc) is 2.14. The van der Waals surface area contributed by atoms with Gasteiger partial charge in [-0.2, -0.15) is 0 Å². The molecule has 0 unspecified atom stereocenters. The van der Waals surface area contributed by atoms with Gasteiger partial charge in [-0.1, -0.05) is 43.4 Å². The van der Waals surface area contributed by atoms with E-state index >= 15 is 0 Å². The van der Waals surface area contributed by atoms with Gasteiger partial charge in [-0.3, -0.25) is 0 Å². The largest absolute Gasteiger partial charge is 0.508 e. The Morgan fingerprint density at radius 2 is 1.88 bits per heavy atom. The molecule has 0 atom stereocenters. The van der Waals surface area contributed by atoms with Crippen LogP contribution < -0.4 is 0 Å². The van der Waals surface area contributed by atoms with Crippen LogP contribution in [0.4, 0.5) is 0 Å². The summed E-state index contributed by atoms with van der Waals surface area (Å²) in [6, 6.07) is 8.74. The normalized spacial score (nSPS) is 11.4. The molecule has 1 aromatic carbocycles. The van der Waals surface area contributed by atoms with E-state index in [1.807, 2.05) is 18.2 Å². The lowest BCUT2D eigenvalue weighted by Gasteiger charge is -2.17. The molecular formula is C14H22OSi. The van der Waals surface area contributed by atoms with E-state index in [4.69, 9.17) is 0 Å². The number of aryl methyl sites for hydroxylation is 1. The van der Waals surface area contributed by atoms with Crippen LogP contribution in [0, 0.1) is 0 Å². The first-order valence-electron chi connectivity index (χ1n) is 5.82. The fourth-order valence-corrected chi connectivity index (χ4v) is 3.55. The van der Waals surface area contributed by atoms with E-state index < -0.39 is 8.07 Å². The SMILES string of the molecule is C=C(CCc1ccccc1O)C[Si](C)(C)C. The van der Waals surface area contributed by atoms with Crippen molar-refractivity contribution in [2.75, 3.05) is 0 Å². The summed E-state index contributed by atoms with van der Waals surface area (Å²) in [5.74, 6) is 0.406. The minimum absolute atomic E-state index is 0.406. The first-order valence-corrected chi connectivity index (χ1v) is 9.53. The van der Waals surface area contributed by atoms with Crippen LogP contribution in [0.2, 0.25) is 25.7 Å². The molecule has 0 spiro atoms. The zero-order chi connectivity index (χ0) is 12.2. The summed E-state index contributed by atoms with van der Waals surface area (Å²) < 4.78 is 0. The van der Waals surface area contributed by atoms with Crippen LogP contribution in [-0.2, 0) is 6.42 Å². The molecule has 0 aromatic heterocycles. The molecule has 0 heterocycles. The average molecular weight is 234 g/mol. The molecule has 0 aliphatic heterocycles. The van der Waals surface area contributed by atoms with Gasteiger partial charge < -0.3 is 5.11 Å². The standard InChI is InChI=1S/C14H22OSi/c1-12(11-16(2,3)4)9-10-13-7-5-6-8-14(13)15/h5-8,15H,1,9-11H2,2-4H3. The van der Waals surface area contributed by atoms with Crippen LogP contribution in [0.15, 0.2) is 36.4 Å². The van der Waals surface area contributed by atoms with Crippen LogP contribution in [0.5, 0.6) is 5.75 Å². The number of para-hydroxylation sites is 1. The molecule has 1 nitrogen and oxygen atoms in total. The Hall–Kier alpha value is -1.02. The van der Waals surface area contributed by atoms with Crippen LogP contribution in [-0.4, -0.2) is 13.2 Å². The molecule has 0 saturated heterocycles. The van der Waals surface area contributed by atoms with Crippen LogP contribution in [0.3, 0.4) is 0 Å². The zero-order valence-corrected chi connectivity index (χ0v) is 11.6. The van der Waals surface area contributed by atoms with Gasteiger partial charge in [0, 0.05) is 8.07 Å². The molecule has 0 amide bonds. The number of hydrogen-bond donors (Lipinski definition) is 1. The van der Waals surface area contributed by atoms with Gasteiger partial charge in [-0.15, -0.1) is 6.58 Å². The maximum Gasteiger partial charge on any atom is 0.118 e. The highest BCUT2D eigenvalue weighted by atomic mass is 28.3. The number of rotatable bonds is 5. The molecule has 1 rings (SSSR count). The summed E-state index contributed by atoms with van der Waals surface area (Å²) in [5, 5.41) is 9.63. The Balaban J connectivity index is 2.47. The first kappa shape index (κ1) is 13.0. The van der Waals surface area contributed by atoms with Crippen molar-refractivity contribution in [3.8, 4) is 5.75 Å². The molecule has 0 aliphatic rings. The second kappa shape index (κ2) is 5.35. The van der Waals surface area contributed by atoms with E-state index in [9.17, 15) is 5.11 Å². The van der Waals surface area contributed by atoms with E-state index in [-0.39, 0.29) is 0 Å². The van der Waals surface area contributed by atoms with Crippen LogP contribution >= 0.6 is 0 Å². The number of phenolic OH excluding ortho intramolecular Hbond substituents is 1. The topological polar surface area (TPSA) is 20.2 Å². The fraction of sp³-hybridized carbons (Fsp3) is 0.429. The Labute approximate surface area is 99.8 Å². The summed E-state index contributed by atoms with van der Waals surface area (Å²) in [7, 11) is -1.03. The molecule has 0 radical (unpaired) electrons. The third kappa shape index (κ3) is 4.66. The fourth-order valence-electron chi connectivity index (χ4n) is 1.87. The van der Waals surface area contributed by atoms with E-state index in [0.717, 1.165) is 18.4 Å². The Bertz CT molecular complexity index is 363. The van der Waals surface area contributed by atoms with Crippen molar-refractivity contribution in [3.63, 3.8) is 0 Å². The van der Waals surface area contributed by atoms with Crippen molar-refractivity contribution >= 4 is 8.07 Å². The summed E-state index contributed by atoms with van der Waals surface area (Å²) >= 11 is 0. The van der Waals surface area contributed by atoms with E-state index in [1.54, 1.807) is 6.07 Å². The van der Waals surface area contributed by atoms with Crippen molar-refractivity contribution in [1.82, 2.24) is 0 Å². The van der Waals surface area contributed by atoms with Crippen LogP contribution in [0.25, 0.3) is 0 Å². The van der Waals surface area contributed by atoms with Gasteiger partial charge in [-0.05, 0) is 30.5 Å². The predicted octanol–water partition coefficient (Wildman–Crippen LogP) is 4.22. The van der Waals surface area contributed by atoms with Gasteiger partial charge in [0.05, 0.1) is 0 Å². The summed E-state index contributed by atoms with van der Waals surface area (Å²) in [5.41, 5.74) is 2.35. The van der Waals surface area contributed by atoms with Gasteiger partial charge in [0.25, 0.3) is 0 Å². The van der Waals surface area contributed by atoms with Gasteiger partial charge >= 0.3 is 0 Å². The lowest BCUT2D eigenvalue weighted by molar-refractivity contribution is 0.468. The van der Waals surface area contributed by atoms with Crippen molar-refractivity contribution in [3.05, 3.63) is 42.0 Å².